The van der Waals surface area contributed by atoms with E-state index in [1.165, 1.54) is 0 Å². The molecule has 6 heteroatoms. The van der Waals surface area contributed by atoms with Gasteiger partial charge in [0.1, 0.15) is 0 Å². The molecule has 3 aromatic rings. The van der Waals surface area contributed by atoms with Crippen molar-refractivity contribution in [3.05, 3.63) is 64.7 Å². The van der Waals surface area contributed by atoms with Crippen LogP contribution in [-0.2, 0) is 10.8 Å². The van der Waals surface area contributed by atoms with Gasteiger partial charge in [-0.3, -0.25) is 14.4 Å². The van der Waals surface area contributed by atoms with Crippen LogP contribution in [-0.4, -0.2) is 37.2 Å². The first-order chi connectivity index (χ1) is 16.5. The maximum atomic E-state index is 14.0. The molecule has 0 aliphatic heterocycles. The summed E-state index contributed by atoms with van der Waals surface area (Å²) in [6.07, 6.45) is 8.40. The zero-order valence-electron chi connectivity index (χ0n) is 22.1. The van der Waals surface area contributed by atoms with E-state index in [1.54, 1.807) is 19.6 Å². The molecule has 1 aliphatic carbocycles. The van der Waals surface area contributed by atoms with Gasteiger partial charge in [-0.05, 0) is 60.0 Å². The molecule has 0 spiro atoms. The van der Waals surface area contributed by atoms with Crippen molar-refractivity contribution >= 4 is 36.2 Å². The van der Waals surface area contributed by atoms with Crippen LogP contribution >= 0.6 is 0 Å². The van der Waals surface area contributed by atoms with Gasteiger partial charge in [0.15, 0.2) is 8.32 Å². The smallest absolute Gasteiger partial charge is 0.261 e. The van der Waals surface area contributed by atoms with E-state index in [4.69, 9.17) is 9.41 Å². The number of allylic oxidation sites excluding steroid dienone is 1. The van der Waals surface area contributed by atoms with Crippen LogP contribution in [0, 0.1) is 0 Å². The monoisotopic (exact) mass is 489 g/mol. The molecule has 2 atom stereocenters. The lowest BCUT2D eigenvalue weighted by Crippen LogP contribution is -2.48. The number of rotatable bonds is 6. The third-order valence-corrected chi connectivity index (χ3v) is 12.4. The first-order valence-corrected chi connectivity index (χ1v) is 15.6. The molecule has 0 amide bonds. The fourth-order valence-corrected chi connectivity index (χ4v) is 6.38. The molecule has 5 nitrogen and oxygen atoms in total. The number of hydrogen-bond donors (Lipinski definition) is 0. The first-order valence-electron chi connectivity index (χ1n) is 12.7. The van der Waals surface area contributed by atoms with Crippen molar-refractivity contribution in [1.29, 1.82) is 0 Å². The summed E-state index contributed by atoms with van der Waals surface area (Å²) in [5.41, 5.74) is 2.77. The molecule has 1 fully saturated rings. The van der Waals surface area contributed by atoms with Crippen LogP contribution in [0.5, 0.6) is 0 Å². The summed E-state index contributed by atoms with van der Waals surface area (Å²) in [7, 11) is -0.219. The number of aromatic nitrogens is 2. The van der Waals surface area contributed by atoms with Crippen LogP contribution in [0.1, 0.15) is 58.1 Å². The number of aliphatic imine (C=N–C) groups is 1. The highest BCUT2D eigenvalue weighted by molar-refractivity contribution is 6.74. The normalized spacial score (nSPS) is 19.6. The predicted octanol–water partition coefficient (Wildman–Crippen LogP) is 6.85. The lowest BCUT2D eigenvalue weighted by Gasteiger charge is -2.43. The van der Waals surface area contributed by atoms with Crippen LogP contribution in [0.15, 0.2) is 58.6 Å². The fourth-order valence-electron chi connectivity index (χ4n) is 4.99. The van der Waals surface area contributed by atoms with Crippen molar-refractivity contribution in [3.63, 3.8) is 0 Å². The third kappa shape index (κ3) is 5.05. The van der Waals surface area contributed by atoms with Gasteiger partial charge in [-0.1, -0.05) is 64.5 Å². The van der Waals surface area contributed by atoms with E-state index < -0.39 is 8.32 Å². The van der Waals surface area contributed by atoms with Crippen molar-refractivity contribution in [2.75, 3.05) is 7.05 Å². The van der Waals surface area contributed by atoms with E-state index in [0.717, 1.165) is 53.1 Å². The second-order valence-electron chi connectivity index (χ2n) is 11.4. The highest BCUT2D eigenvalue weighted by Gasteiger charge is 2.41. The molecule has 1 aromatic heterocycles. The van der Waals surface area contributed by atoms with Gasteiger partial charge in [0, 0.05) is 18.6 Å². The van der Waals surface area contributed by atoms with E-state index in [1.807, 2.05) is 22.8 Å². The molecule has 186 valence electrons. The zero-order valence-corrected chi connectivity index (χ0v) is 23.1. The summed E-state index contributed by atoms with van der Waals surface area (Å²) in [5, 5.41) is 2.90. The van der Waals surface area contributed by atoms with Gasteiger partial charge >= 0.3 is 0 Å². The maximum Gasteiger partial charge on any atom is 0.261 e. The minimum Gasteiger partial charge on any atom is -0.412 e. The maximum absolute atomic E-state index is 14.0. The van der Waals surface area contributed by atoms with Crippen molar-refractivity contribution in [2.24, 2.45) is 4.99 Å². The number of fused-ring (bicyclic) bond motifs is 3. The van der Waals surface area contributed by atoms with Gasteiger partial charge in [-0.15, -0.1) is 0 Å². The Kier molecular flexibility index (Phi) is 7.16. The van der Waals surface area contributed by atoms with Gasteiger partial charge < -0.3 is 4.43 Å². The third-order valence-electron chi connectivity index (χ3n) is 7.88. The average molecular weight is 490 g/mol. The van der Waals surface area contributed by atoms with Gasteiger partial charge in [0.25, 0.3) is 5.56 Å². The molecule has 1 saturated carbocycles. The largest absolute Gasteiger partial charge is 0.412 e. The minimum atomic E-state index is -1.97. The van der Waals surface area contributed by atoms with Gasteiger partial charge in [-0.2, -0.15) is 0 Å². The standard InChI is InChI=1S/C29H39N3O2Si/c1-20(18-30-5)16-21-17-24-27(23-13-9-8-12-22(21)23)31-19-32(28(24)33)25-14-10-11-15-26(25)34-35(6,7)29(2,3)4/h8-9,12-13,17-19,25-26H,1,10-11,14-16H2,2-7H3/b30-18-/t25-,26-/m0/s1. The summed E-state index contributed by atoms with van der Waals surface area (Å²) in [4.78, 5) is 22.9. The van der Waals surface area contributed by atoms with E-state index in [9.17, 15) is 4.79 Å². The summed E-state index contributed by atoms with van der Waals surface area (Å²) < 4.78 is 8.74. The topological polar surface area (TPSA) is 56.5 Å². The molecule has 0 unspecified atom stereocenters. The van der Waals surface area contributed by atoms with Gasteiger partial charge in [0.2, 0.25) is 0 Å². The van der Waals surface area contributed by atoms with E-state index in [2.05, 4.69) is 57.6 Å². The molecule has 1 aliphatic rings. The Morgan fingerprint density at radius 3 is 2.57 bits per heavy atom. The molecule has 0 radical (unpaired) electrons. The Hall–Kier alpha value is -2.57. The SMILES string of the molecule is C=C(/C=N\C)Cc1cc2c(=O)n([C@H]3CCCC[C@@H]3O[Si](C)(C)C(C)(C)C)cnc2c2ccccc12. The van der Waals surface area contributed by atoms with Crippen LogP contribution in [0.2, 0.25) is 18.1 Å². The van der Waals surface area contributed by atoms with E-state index in [0.29, 0.717) is 11.8 Å². The highest BCUT2D eigenvalue weighted by Crippen LogP contribution is 2.41. The number of hydrogen-bond acceptors (Lipinski definition) is 4. The molecular weight excluding hydrogens is 450 g/mol. The second kappa shape index (κ2) is 9.82. The van der Waals surface area contributed by atoms with Crippen molar-refractivity contribution in [3.8, 4) is 0 Å². The van der Waals surface area contributed by atoms with E-state index >= 15 is 0 Å². The first kappa shape index (κ1) is 25.5. The Labute approximate surface area is 210 Å². The summed E-state index contributed by atoms with van der Waals surface area (Å²) in [6, 6.07) is 10.2. The fraction of sp³-hybridized carbons (Fsp3) is 0.483. The highest BCUT2D eigenvalue weighted by atomic mass is 28.4. The van der Waals surface area contributed by atoms with Crippen molar-refractivity contribution in [2.45, 2.75) is 83.2 Å². The molecule has 4 rings (SSSR count). The molecule has 0 bridgehead atoms. The quantitative estimate of drug-likeness (QED) is 0.216. The molecule has 1 heterocycles. The summed E-state index contributed by atoms with van der Waals surface area (Å²) >= 11 is 0. The number of nitrogens with zero attached hydrogens (tertiary/aromatic N) is 3. The Balaban J connectivity index is 1.83. The molecule has 0 N–H and O–H groups in total. The summed E-state index contributed by atoms with van der Waals surface area (Å²) in [5.74, 6) is 0. The predicted molar refractivity (Wildman–Crippen MR) is 150 cm³/mol. The minimum absolute atomic E-state index is 0.0133. The van der Waals surface area contributed by atoms with Crippen molar-refractivity contribution in [1.82, 2.24) is 9.55 Å². The second-order valence-corrected chi connectivity index (χ2v) is 16.2. The molecule has 2 aromatic carbocycles. The molecule has 35 heavy (non-hydrogen) atoms. The zero-order chi connectivity index (χ0) is 25.4. The van der Waals surface area contributed by atoms with Crippen LogP contribution < -0.4 is 5.56 Å². The lowest BCUT2D eigenvalue weighted by atomic mass is 9.92. The van der Waals surface area contributed by atoms with Gasteiger partial charge in [-0.25, -0.2) is 4.98 Å². The Morgan fingerprint density at radius 2 is 1.89 bits per heavy atom. The van der Waals surface area contributed by atoms with E-state index in [-0.39, 0.29) is 22.7 Å². The molecule has 0 saturated heterocycles. The van der Waals surface area contributed by atoms with Crippen LogP contribution in [0.3, 0.4) is 0 Å². The Morgan fingerprint density at radius 1 is 1.20 bits per heavy atom. The Bertz CT molecular complexity index is 1330. The number of benzene rings is 2. The van der Waals surface area contributed by atoms with Crippen molar-refractivity contribution < 1.29 is 4.43 Å². The summed E-state index contributed by atoms with van der Waals surface area (Å²) in [6.45, 7) is 15.5. The molecular formula is C29H39N3O2Si. The van der Waals surface area contributed by atoms with Crippen LogP contribution in [0.25, 0.3) is 21.7 Å². The average Bonchev–Trinajstić information content (AvgIpc) is 2.80. The van der Waals surface area contributed by atoms with Crippen LogP contribution in [0.4, 0.5) is 0 Å². The van der Waals surface area contributed by atoms with Gasteiger partial charge in [0.05, 0.1) is 29.4 Å². The lowest BCUT2D eigenvalue weighted by molar-refractivity contribution is 0.0824.